The number of hydrogen-bond acceptors (Lipinski definition) is 11. The van der Waals surface area contributed by atoms with Gasteiger partial charge in [0.15, 0.2) is 23.9 Å². The molecule has 0 radical (unpaired) electrons. The Bertz CT molecular complexity index is 1040. The fraction of sp³-hybridized carbons (Fsp3) is 0.520. The fourth-order valence-corrected chi connectivity index (χ4v) is 4.51. The highest BCUT2D eigenvalue weighted by atomic mass is 16.7. The second kappa shape index (κ2) is 11.1. The van der Waals surface area contributed by atoms with Crippen LogP contribution in [0, 0.1) is 0 Å². The predicted molar refractivity (Wildman–Crippen MR) is 125 cm³/mol. The van der Waals surface area contributed by atoms with E-state index in [9.17, 15) is 20.4 Å². The van der Waals surface area contributed by atoms with Gasteiger partial charge in [-0.05, 0) is 17.7 Å². The van der Waals surface area contributed by atoms with Gasteiger partial charge in [-0.2, -0.15) is 0 Å². The molecule has 4 N–H and O–H groups in total. The molecule has 0 bridgehead atoms. The van der Waals surface area contributed by atoms with Gasteiger partial charge in [-0.3, -0.25) is 0 Å². The smallest absolute Gasteiger partial charge is 0.187 e. The normalized spacial score (nSPS) is 29.6. The summed E-state index contributed by atoms with van der Waals surface area (Å²) in [6.45, 7) is -0.568. The van der Waals surface area contributed by atoms with Crippen LogP contribution in [0.15, 0.2) is 30.3 Å². The van der Waals surface area contributed by atoms with Gasteiger partial charge in [0.2, 0.25) is 0 Å². The van der Waals surface area contributed by atoms with Crippen molar-refractivity contribution in [1.82, 2.24) is 0 Å². The number of hydrogen-bond donors (Lipinski definition) is 4. The molecule has 2 aliphatic rings. The van der Waals surface area contributed by atoms with Crippen LogP contribution in [0.2, 0.25) is 0 Å². The summed E-state index contributed by atoms with van der Waals surface area (Å²) in [4.78, 5) is 0. The second-order valence-corrected chi connectivity index (χ2v) is 8.54. The molecule has 198 valence electrons. The Morgan fingerprint density at radius 1 is 0.833 bits per heavy atom. The van der Waals surface area contributed by atoms with E-state index in [0.717, 1.165) is 0 Å². The van der Waals surface area contributed by atoms with Gasteiger partial charge < -0.3 is 53.6 Å². The highest BCUT2D eigenvalue weighted by molar-refractivity contribution is 5.53. The third-order valence-electron chi connectivity index (χ3n) is 6.49. The van der Waals surface area contributed by atoms with Crippen LogP contribution in [0.5, 0.6) is 28.7 Å². The van der Waals surface area contributed by atoms with Crippen molar-refractivity contribution in [2.24, 2.45) is 0 Å². The molecule has 4 rings (SSSR count). The molecule has 11 heteroatoms. The zero-order chi connectivity index (χ0) is 26.0. The first-order chi connectivity index (χ1) is 17.3. The summed E-state index contributed by atoms with van der Waals surface area (Å²) in [6, 6.07) is 8.78. The second-order valence-electron chi connectivity index (χ2n) is 8.54. The first-order valence-electron chi connectivity index (χ1n) is 11.4. The van der Waals surface area contributed by atoms with Crippen molar-refractivity contribution in [2.45, 2.75) is 49.3 Å². The summed E-state index contributed by atoms with van der Waals surface area (Å²) in [6.07, 6.45) is -8.24. The minimum atomic E-state index is -1.57. The first kappa shape index (κ1) is 26.3. The number of ether oxygens (including phenoxy) is 7. The van der Waals surface area contributed by atoms with Crippen molar-refractivity contribution < 1.29 is 53.6 Å². The van der Waals surface area contributed by atoms with E-state index in [1.165, 1.54) is 21.3 Å². The van der Waals surface area contributed by atoms with Crippen LogP contribution in [-0.4, -0.2) is 92.3 Å². The summed E-state index contributed by atoms with van der Waals surface area (Å²) in [5, 5.41) is 40.5. The van der Waals surface area contributed by atoms with E-state index in [1.807, 2.05) is 0 Å². The quantitative estimate of drug-likeness (QED) is 0.397. The number of benzene rings is 2. The zero-order valence-corrected chi connectivity index (χ0v) is 20.5. The molecule has 0 aromatic heterocycles. The molecule has 1 fully saturated rings. The molecule has 2 aromatic carbocycles. The third kappa shape index (κ3) is 4.90. The van der Waals surface area contributed by atoms with Gasteiger partial charge in [0.05, 0.1) is 35.0 Å². The predicted octanol–water partition coefficient (Wildman–Crippen LogP) is 0.582. The minimum absolute atomic E-state index is 0.288. The molecule has 0 saturated carbocycles. The third-order valence-corrected chi connectivity index (χ3v) is 6.49. The van der Waals surface area contributed by atoms with E-state index < -0.39 is 49.5 Å². The zero-order valence-electron chi connectivity index (χ0n) is 20.5. The molecule has 0 amide bonds. The van der Waals surface area contributed by atoms with Crippen LogP contribution in [-0.2, 0) is 15.9 Å². The lowest BCUT2D eigenvalue weighted by atomic mass is 9.93. The van der Waals surface area contributed by atoms with E-state index >= 15 is 0 Å². The van der Waals surface area contributed by atoms with E-state index in [4.69, 9.17) is 33.2 Å². The monoisotopic (exact) mass is 508 g/mol. The van der Waals surface area contributed by atoms with Gasteiger partial charge in [0.25, 0.3) is 0 Å². The summed E-state index contributed by atoms with van der Waals surface area (Å²) in [7, 11) is 6.13. The fourth-order valence-electron chi connectivity index (χ4n) is 4.51. The molecule has 7 atom stereocenters. The maximum atomic E-state index is 10.6. The molecule has 2 heterocycles. The van der Waals surface area contributed by atoms with Gasteiger partial charge >= 0.3 is 0 Å². The lowest BCUT2D eigenvalue weighted by Crippen LogP contribution is -2.60. The van der Waals surface area contributed by atoms with Crippen molar-refractivity contribution in [2.75, 3.05) is 35.0 Å². The van der Waals surface area contributed by atoms with Crippen molar-refractivity contribution in [1.29, 1.82) is 0 Å². The van der Waals surface area contributed by atoms with Crippen molar-refractivity contribution in [3.05, 3.63) is 41.5 Å². The van der Waals surface area contributed by atoms with E-state index in [1.54, 1.807) is 37.4 Å². The van der Waals surface area contributed by atoms with Crippen molar-refractivity contribution in [3.8, 4) is 28.7 Å². The Morgan fingerprint density at radius 3 is 2.19 bits per heavy atom. The molecule has 2 aromatic rings. The summed E-state index contributed by atoms with van der Waals surface area (Å²) in [5.74, 6) is 2.62. The SMILES string of the molecule is COc1cc(OC)c2c(c1)O[C@H](c1ccc(OC)c(OC)c1)[C@@H](O[C@@H]1O[C@H](CO)[C@@H](O)[C@H](O)[C@H]1O)C2. The van der Waals surface area contributed by atoms with Crippen molar-refractivity contribution >= 4 is 0 Å². The summed E-state index contributed by atoms with van der Waals surface area (Å²) in [5.41, 5.74) is 1.40. The van der Waals surface area contributed by atoms with Gasteiger partial charge in [0, 0.05) is 24.1 Å². The van der Waals surface area contributed by atoms with E-state index in [0.29, 0.717) is 39.9 Å². The number of fused-ring (bicyclic) bond motifs is 1. The molecule has 36 heavy (non-hydrogen) atoms. The molecule has 1 saturated heterocycles. The van der Waals surface area contributed by atoms with Gasteiger partial charge in [-0.15, -0.1) is 0 Å². The first-order valence-corrected chi connectivity index (χ1v) is 11.4. The van der Waals surface area contributed by atoms with Crippen LogP contribution >= 0.6 is 0 Å². The maximum Gasteiger partial charge on any atom is 0.187 e. The van der Waals surface area contributed by atoms with Crippen LogP contribution in [0.3, 0.4) is 0 Å². The molecular weight excluding hydrogens is 476 g/mol. The average molecular weight is 509 g/mol. The van der Waals surface area contributed by atoms with Crippen LogP contribution in [0.4, 0.5) is 0 Å². The average Bonchev–Trinajstić information content (AvgIpc) is 2.91. The molecule has 0 unspecified atom stereocenters. The summed E-state index contributed by atoms with van der Waals surface area (Å²) < 4.78 is 39.9. The Hall–Kier alpha value is -2.80. The molecule has 0 aliphatic carbocycles. The molecule has 2 aliphatic heterocycles. The minimum Gasteiger partial charge on any atom is -0.496 e. The summed E-state index contributed by atoms with van der Waals surface area (Å²) >= 11 is 0. The van der Waals surface area contributed by atoms with Crippen LogP contribution in [0.25, 0.3) is 0 Å². The van der Waals surface area contributed by atoms with Gasteiger partial charge in [0.1, 0.15) is 47.8 Å². The van der Waals surface area contributed by atoms with Crippen molar-refractivity contribution in [3.63, 3.8) is 0 Å². The Labute approximate surface area is 208 Å². The topological polar surface area (TPSA) is 146 Å². The molecule has 11 nitrogen and oxygen atoms in total. The Balaban J connectivity index is 1.73. The number of aliphatic hydroxyl groups excluding tert-OH is 4. The highest BCUT2D eigenvalue weighted by Gasteiger charge is 2.46. The lowest BCUT2D eigenvalue weighted by Gasteiger charge is -2.43. The van der Waals surface area contributed by atoms with Crippen LogP contribution in [0.1, 0.15) is 17.2 Å². The van der Waals surface area contributed by atoms with Gasteiger partial charge in [-0.25, -0.2) is 0 Å². The number of methoxy groups -OCH3 is 4. The number of aliphatic hydroxyl groups is 4. The Morgan fingerprint density at radius 2 is 1.56 bits per heavy atom. The molecule has 0 spiro atoms. The van der Waals surface area contributed by atoms with Gasteiger partial charge in [-0.1, -0.05) is 6.07 Å². The molecular formula is C25H32O11. The van der Waals surface area contributed by atoms with Crippen LogP contribution < -0.4 is 23.7 Å². The number of rotatable bonds is 8. The lowest BCUT2D eigenvalue weighted by molar-refractivity contribution is -0.317. The largest absolute Gasteiger partial charge is 0.496 e. The highest BCUT2D eigenvalue weighted by Crippen LogP contribution is 2.45. The maximum absolute atomic E-state index is 10.6. The van der Waals surface area contributed by atoms with E-state index in [-0.39, 0.29) is 6.42 Å². The Kier molecular flexibility index (Phi) is 8.08. The standard InChI is InChI=1S/C25H32O11/c1-30-13-8-16(32-3)14-10-19(35-25-23(29)22(28)21(27)20(11-26)36-25)24(34-17(14)9-13)12-5-6-15(31-2)18(7-12)33-4/h5-9,19-29H,10-11H2,1-4H3/t19-,20+,21+,22-,23+,24+,25+/m0/s1. The van der Waals surface area contributed by atoms with E-state index in [2.05, 4.69) is 0 Å².